The fourth-order valence-electron chi connectivity index (χ4n) is 4.52. The summed E-state index contributed by atoms with van der Waals surface area (Å²) in [5, 5.41) is 17.0. The van der Waals surface area contributed by atoms with Crippen LogP contribution in [0.25, 0.3) is 16.6 Å². The van der Waals surface area contributed by atoms with Crippen LogP contribution in [0.4, 0.5) is 11.5 Å². The molecule has 36 heavy (non-hydrogen) atoms. The van der Waals surface area contributed by atoms with Crippen LogP contribution in [0, 0.1) is 17.2 Å². The highest BCUT2D eigenvalue weighted by atomic mass is 16.5. The lowest BCUT2D eigenvalue weighted by atomic mass is 9.93. The highest BCUT2D eigenvalue weighted by Crippen LogP contribution is 2.31. The van der Waals surface area contributed by atoms with Gasteiger partial charge in [-0.1, -0.05) is 6.92 Å². The molecule has 5 heterocycles. The molecule has 1 aliphatic heterocycles. The number of hydrogen-bond acceptors (Lipinski definition) is 9. The summed E-state index contributed by atoms with van der Waals surface area (Å²) in [5.74, 6) is 0.547. The number of methoxy groups -OCH3 is 1. The Hall–Kier alpha value is -4.72. The van der Waals surface area contributed by atoms with Gasteiger partial charge in [0, 0.05) is 55.0 Å². The van der Waals surface area contributed by atoms with Gasteiger partial charge in [-0.15, -0.1) is 0 Å². The largest absolute Gasteiger partial charge is 0.467 e. The summed E-state index contributed by atoms with van der Waals surface area (Å²) in [7, 11) is 1.52. The molecule has 0 spiro atoms. The zero-order valence-electron chi connectivity index (χ0n) is 19.9. The van der Waals surface area contributed by atoms with Gasteiger partial charge in [0.1, 0.15) is 11.9 Å². The number of ether oxygens (including phenoxy) is 1. The SMILES string of the molecule is COc1ncc(-c2cc3c(N[C@@H]4CCN(c5ccc(C#N)cn5)C[C@H]4C)c(C(N)=O)cnn3c2)cn1. The van der Waals surface area contributed by atoms with E-state index < -0.39 is 5.91 Å². The van der Waals surface area contributed by atoms with Crippen molar-refractivity contribution in [2.24, 2.45) is 11.7 Å². The van der Waals surface area contributed by atoms with E-state index in [1.165, 1.54) is 13.3 Å². The molecular weight excluding hydrogens is 458 g/mol. The molecule has 11 nitrogen and oxygen atoms in total. The van der Waals surface area contributed by atoms with Crippen LogP contribution < -0.4 is 20.7 Å². The fraction of sp³-hybridized carbons (Fsp3) is 0.280. The van der Waals surface area contributed by atoms with Crippen molar-refractivity contribution in [3.8, 4) is 23.2 Å². The van der Waals surface area contributed by atoms with E-state index in [0.29, 0.717) is 16.8 Å². The lowest BCUT2D eigenvalue weighted by Gasteiger charge is -2.38. The predicted octanol–water partition coefficient (Wildman–Crippen LogP) is 2.49. The third-order valence-electron chi connectivity index (χ3n) is 6.48. The van der Waals surface area contributed by atoms with Crippen molar-refractivity contribution in [2.75, 3.05) is 30.4 Å². The van der Waals surface area contributed by atoms with Crippen LogP contribution in [0.15, 0.2) is 49.2 Å². The van der Waals surface area contributed by atoms with Crippen LogP contribution in [0.3, 0.4) is 0 Å². The van der Waals surface area contributed by atoms with Crippen molar-refractivity contribution in [3.63, 3.8) is 0 Å². The van der Waals surface area contributed by atoms with Gasteiger partial charge in [-0.3, -0.25) is 4.79 Å². The molecule has 0 aliphatic carbocycles. The summed E-state index contributed by atoms with van der Waals surface area (Å²) in [4.78, 5) is 27.3. The van der Waals surface area contributed by atoms with E-state index >= 15 is 0 Å². The van der Waals surface area contributed by atoms with E-state index in [1.54, 1.807) is 29.2 Å². The summed E-state index contributed by atoms with van der Waals surface area (Å²) in [6.07, 6.45) is 9.13. The van der Waals surface area contributed by atoms with E-state index in [2.05, 4.69) is 43.3 Å². The van der Waals surface area contributed by atoms with Gasteiger partial charge in [0.15, 0.2) is 0 Å². The van der Waals surface area contributed by atoms with Crippen LogP contribution >= 0.6 is 0 Å². The molecule has 4 aromatic heterocycles. The van der Waals surface area contributed by atoms with Crippen LogP contribution in [0.2, 0.25) is 0 Å². The summed E-state index contributed by atoms with van der Waals surface area (Å²) in [6, 6.07) is 8.08. The Kier molecular flexibility index (Phi) is 6.08. The number of hydrogen-bond donors (Lipinski definition) is 2. The molecule has 1 amide bonds. The van der Waals surface area contributed by atoms with Gasteiger partial charge in [0.05, 0.1) is 35.6 Å². The van der Waals surface area contributed by atoms with Crippen LogP contribution in [-0.4, -0.2) is 56.7 Å². The van der Waals surface area contributed by atoms with Crippen LogP contribution in [-0.2, 0) is 0 Å². The molecule has 0 saturated carbocycles. The second-order valence-electron chi connectivity index (χ2n) is 8.79. The molecule has 11 heteroatoms. The predicted molar refractivity (Wildman–Crippen MR) is 134 cm³/mol. The zero-order chi connectivity index (χ0) is 25.2. The third kappa shape index (κ3) is 4.36. The molecule has 0 bridgehead atoms. The minimum atomic E-state index is -0.546. The molecule has 1 saturated heterocycles. The number of nitrogens with one attached hydrogen (secondary N) is 1. The first-order valence-corrected chi connectivity index (χ1v) is 11.5. The van der Waals surface area contributed by atoms with E-state index in [4.69, 9.17) is 15.7 Å². The molecule has 1 aliphatic rings. The summed E-state index contributed by atoms with van der Waals surface area (Å²) in [6.45, 7) is 3.72. The Bertz CT molecular complexity index is 1440. The average Bonchev–Trinajstić information content (AvgIpc) is 3.35. The number of nitrogens with zero attached hydrogens (tertiary/aromatic N) is 7. The Labute approximate surface area is 207 Å². The molecule has 0 aromatic carbocycles. The number of piperidine rings is 1. The number of primary amides is 1. The van der Waals surface area contributed by atoms with Crippen LogP contribution in [0.5, 0.6) is 6.01 Å². The van der Waals surface area contributed by atoms with Crippen molar-refractivity contribution in [3.05, 3.63) is 60.3 Å². The zero-order valence-corrected chi connectivity index (χ0v) is 19.9. The summed E-state index contributed by atoms with van der Waals surface area (Å²) < 4.78 is 6.76. The van der Waals surface area contributed by atoms with Gasteiger partial charge >= 0.3 is 6.01 Å². The van der Waals surface area contributed by atoms with E-state index in [0.717, 1.165) is 42.0 Å². The molecule has 182 valence electrons. The maximum absolute atomic E-state index is 12.3. The lowest BCUT2D eigenvalue weighted by Crippen LogP contribution is -2.45. The van der Waals surface area contributed by atoms with Gasteiger partial charge in [-0.25, -0.2) is 19.5 Å². The van der Waals surface area contributed by atoms with Crippen molar-refractivity contribution >= 4 is 22.9 Å². The molecule has 1 fully saturated rings. The van der Waals surface area contributed by atoms with Gasteiger partial charge in [-0.05, 0) is 30.5 Å². The van der Waals surface area contributed by atoms with Crippen molar-refractivity contribution in [1.29, 1.82) is 5.26 Å². The number of nitrogens with two attached hydrogens (primary N) is 1. The Morgan fingerprint density at radius 1 is 1.19 bits per heavy atom. The molecule has 2 atom stereocenters. The quantitative estimate of drug-likeness (QED) is 0.422. The van der Waals surface area contributed by atoms with Crippen molar-refractivity contribution in [2.45, 2.75) is 19.4 Å². The van der Waals surface area contributed by atoms with Crippen molar-refractivity contribution < 1.29 is 9.53 Å². The third-order valence-corrected chi connectivity index (χ3v) is 6.48. The highest BCUT2D eigenvalue weighted by Gasteiger charge is 2.28. The summed E-state index contributed by atoms with van der Waals surface area (Å²) >= 11 is 0. The second kappa shape index (κ2) is 9.50. The van der Waals surface area contributed by atoms with Gasteiger partial charge in [-0.2, -0.15) is 10.4 Å². The molecule has 0 unspecified atom stereocenters. The first-order valence-electron chi connectivity index (χ1n) is 11.5. The first-order chi connectivity index (χ1) is 17.5. The summed E-state index contributed by atoms with van der Waals surface area (Å²) in [5.41, 5.74) is 9.63. The smallest absolute Gasteiger partial charge is 0.316 e. The first kappa shape index (κ1) is 23.0. The van der Waals surface area contributed by atoms with Gasteiger partial charge in [0.2, 0.25) is 0 Å². The number of fused-ring (bicyclic) bond motifs is 1. The molecule has 5 rings (SSSR count). The molecule has 0 radical (unpaired) electrons. The highest BCUT2D eigenvalue weighted by molar-refractivity contribution is 6.02. The maximum Gasteiger partial charge on any atom is 0.316 e. The van der Waals surface area contributed by atoms with E-state index in [9.17, 15) is 4.79 Å². The Balaban J connectivity index is 1.42. The van der Waals surface area contributed by atoms with Gasteiger partial charge in [0.25, 0.3) is 5.91 Å². The number of anilines is 2. The number of carbonyl (C=O) groups is 1. The Morgan fingerprint density at radius 2 is 2.00 bits per heavy atom. The van der Waals surface area contributed by atoms with E-state index in [1.807, 2.05) is 18.3 Å². The lowest BCUT2D eigenvalue weighted by molar-refractivity contribution is 0.100. The number of nitriles is 1. The minimum absolute atomic E-state index is 0.103. The van der Waals surface area contributed by atoms with E-state index in [-0.39, 0.29) is 18.0 Å². The van der Waals surface area contributed by atoms with Crippen LogP contribution in [0.1, 0.15) is 29.3 Å². The number of aromatic nitrogens is 5. The fourth-order valence-corrected chi connectivity index (χ4v) is 4.52. The number of amides is 1. The monoisotopic (exact) mass is 483 g/mol. The Morgan fingerprint density at radius 3 is 2.64 bits per heavy atom. The second-order valence-corrected chi connectivity index (χ2v) is 8.79. The normalized spacial score (nSPS) is 17.5. The number of carbonyl (C=O) groups excluding carboxylic acids is 1. The van der Waals surface area contributed by atoms with Gasteiger partial charge < -0.3 is 20.7 Å². The topological polar surface area (TPSA) is 147 Å². The standard InChI is InChI=1S/C25H25N9O2/c1-15-13-33(22-4-3-16(8-26)9-28-22)6-5-20(15)32-23-19(24(27)35)12-31-34-14-17(7-21(23)34)18-10-29-25(36-2)30-11-18/h3-4,7,9-12,14-15,20,32H,5-6,13H2,1-2H3,(H2,27,35)/t15-,20-/m1/s1. The minimum Gasteiger partial charge on any atom is -0.467 e. The molecular formula is C25H25N9O2. The molecule has 3 N–H and O–H groups in total. The number of rotatable bonds is 6. The number of pyridine rings is 1. The average molecular weight is 484 g/mol. The van der Waals surface area contributed by atoms with Crippen molar-refractivity contribution in [1.82, 2.24) is 24.6 Å². The maximum atomic E-state index is 12.3. The molecule has 4 aromatic rings.